The van der Waals surface area contributed by atoms with Crippen LogP contribution in [0.2, 0.25) is 0 Å². The average Bonchev–Trinajstić information content (AvgIpc) is 2.99. The third-order valence-electron chi connectivity index (χ3n) is 5.24. The molecule has 0 saturated carbocycles. The minimum Gasteiger partial charge on any atom is -0.468 e. The number of aliphatic imine (C=N–C) groups is 1. The summed E-state index contributed by atoms with van der Waals surface area (Å²) in [4.78, 5) is 44.1. The van der Waals surface area contributed by atoms with Gasteiger partial charge >= 0.3 is 12.1 Å². The van der Waals surface area contributed by atoms with Crippen molar-refractivity contribution in [3.05, 3.63) is 102 Å². The van der Waals surface area contributed by atoms with Gasteiger partial charge in [0.1, 0.15) is 13.2 Å². The number of anilines is 1. The number of benzodiazepines with no additional fused rings is 1. The first kappa shape index (κ1) is 22.7. The number of nitrogens with one attached hydrogen (secondary N) is 1. The molecule has 0 spiro atoms. The Kier molecular flexibility index (Phi) is 6.98. The first-order valence-corrected chi connectivity index (χ1v) is 10.6. The van der Waals surface area contributed by atoms with Gasteiger partial charge in [-0.25, -0.2) is 9.79 Å². The molecule has 8 heteroatoms. The fourth-order valence-corrected chi connectivity index (χ4v) is 3.58. The lowest BCUT2D eigenvalue weighted by Crippen LogP contribution is -2.49. The van der Waals surface area contributed by atoms with Gasteiger partial charge in [0.2, 0.25) is 6.17 Å². The molecule has 2 amide bonds. The normalized spacial score (nSPS) is 15.0. The molecular weight excluding hydrogens is 434 g/mol. The van der Waals surface area contributed by atoms with Crippen LogP contribution < -0.4 is 10.2 Å². The summed E-state index contributed by atoms with van der Waals surface area (Å²) < 4.78 is 10.1. The van der Waals surface area contributed by atoms with Crippen LogP contribution in [0.3, 0.4) is 0 Å². The van der Waals surface area contributed by atoms with Crippen LogP contribution in [0.4, 0.5) is 10.5 Å². The molecule has 3 aromatic rings. The minimum atomic E-state index is -1.31. The molecule has 0 radical (unpaired) electrons. The summed E-state index contributed by atoms with van der Waals surface area (Å²) in [5.74, 6) is -1.18. The molecule has 172 valence electrons. The van der Waals surface area contributed by atoms with Gasteiger partial charge in [-0.15, -0.1) is 0 Å². The molecule has 0 aliphatic carbocycles. The average molecular weight is 457 g/mol. The zero-order chi connectivity index (χ0) is 23.9. The number of nitrogens with zero attached hydrogens (tertiary/aromatic N) is 2. The Bertz CT molecular complexity index is 1210. The number of carbonyl (C=O) groups is 3. The molecule has 1 aliphatic heterocycles. The highest BCUT2D eigenvalue weighted by atomic mass is 16.5. The lowest BCUT2D eigenvalue weighted by molar-refractivity contribution is -0.140. The number of methoxy groups -OCH3 is 1. The molecule has 1 heterocycles. The zero-order valence-corrected chi connectivity index (χ0v) is 18.5. The maximum atomic E-state index is 13.5. The Balaban J connectivity index is 1.68. The van der Waals surface area contributed by atoms with E-state index >= 15 is 0 Å². The largest absolute Gasteiger partial charge is 0.468 e. The summed E-state index contributed by atoms with van der Waals surface area (Å²) in [5, 5.41) is 2.54. The van der Waals surface area contributed by atoms with Crippen LogP contribution in [0.15, 0.2) is 89.9 Å². The zero-order valence-electron chi connectivity index (χ0n) is 18.5. The Labute approximate surface area is 196 Å². The number of alkyl carbamates (subject to hydrolysis) is 1. The van der Waals surface area contributed by atoms with Gasteiger partial charge in [-0.3, -0.25) is 19.8 Å². The van der Waals surface area contributed by atoms with Crippen molar-refractivity contribution in [1.82, 2.24) is 5.32 Å². The predicted octanol–water partition coefficient (Wildman–Crippen LogP) is 3.30. The van der Waals surface area contributed by atoms with Crippen LogP contribution in [0.25, 0.3) is 0 Å². The van der Waals surface area contributed by atoms with E-state index in [1.807, 2.05) is 72.8 Å². The molecule has 1 atom stereocenters. The van der Waals surface area contributed by atoms with Gasteiger partial charge in [0.15, 0.2) is 0 Å². The third-order valence-corrected chi connectivity index (χ3v) is 5.24. The maximum Gasteiger partial charge on any atom is 0.409 e. The first-order chi connectivity index (χ1) is 16.6. The molecule has 34 heavy (non-hydrogen) atoms. The van der Waals surface area contributed by atoms with Crippen molar-refractivity contribution in [2.24, 2.45) is 4.99 Å². The van der Waals surface area contributed by atoms with E-state index in [1.165, 1.54) is 12.0 Å². The second-order valence-corrected chi connectivity index (χ2v) is 7.47. The van der Waals surface area contributed by atoms with Crippen molar-refractivity contribution in [3.8, 4) is 0 Å². The van der Waals surface area contributed by atoms with Crippen molar-refractivity contribution in [2.45, 2.75) is 12.8 Å². The van der Waals surface area contributed by atoms with Crippen LogP contribution in [-0.2, 0) is 25.7 Å². The SMILES string of the molecule is COC(=O)CN1C(=O)C(NC(=O)OCc2ccccc2)N=C(c2ccccc2)c2ccccc21. The van der Waals surface area contributed by atoms with Gasteiger partial charge < -0.3 is 9.47 Å². The van der Waals surface area contributed by atoms with Gasteiger partial charge in [0, 0.05) is 11.1 Å². The number of amides is 2. The highest BCUT2D eigenvalue weighted by Gasteiger charge is 2.34. The number of fused-ring (bicyclic) bond motifs is 1. The molecule has 1 N–H and O–H groups in total. The Hall–Kier alpha value is -4.46. The Morgan fingerprint density at radius 3 is 2.29 bits per heavy atom. The van der Waals surface area contributed by atoms with Gasteiger partial charge in [-0.2, -0.15) is 0 Å². The van der Waals surface area contributed by atoms with E-state index < -0.39 is 24.1 Å². The molecule has 0 aromatic heterocycles. The number of hydrogen-bond donors (Lipinski definition) is 1. The van der Waals surface area contributed by atoms with Crippen molar-refractivity contribution in [3.63, 3.8) is 0 Å². The molecule has 1 unspecified atom stereocenters. The smallest absolute Gasteiger partial charge is 0.409 e. The van der Waals surface area contributed by atoms with Crippen LogP contribution >= 0.6 is 0 Å². The molecule has 8 nitrogen and oxygen atoms in total. The summed E-state index contributed by atoms with van der Waals surface area (Å²) >= 11 is 0. The topological polar surface area (TPSA) is 97.3 Å². The second-order valence-electron chi connectivity index (χ2n) is 7.47. The quantitative estimate of drug-likeness (QED) is 0.573. The molecule has 0 bridgehead atoms. The minimum absolute atomic E-state index is 0.0366. The van der Waals surface area contributed by atoms with Crippen LogP contribution in [0.1, 0.15) is 16.7 Å². The molecule has 3 aromatic carbocycles. The fraction of sp³-hybridized carbons (Fsp3) is 0.154. The first-order valence-electron chi connectivity index (χ1n) is 10.6. The third kappa shape index (κ3) is 5.12. The van der Waals surface area contributed by atoms with E-state index in [0.29, 0.717) is 17.0 Å². The Morgan fingerprint density at radius 2 is 1.59 bits per heavy atom. The van der Waals surface area contributed by atoms with Crippen molar-refractivity contribution < 1.29 is 23.9 Å². The molecular formula is C26H23N3O5. The van der Waals surface area contributed by atoms with Crippen LogP contribution in [0, 0.1) is 0 Å². The Morgan fingerprint density at radius 1 is 0.941 bits per heavy atom. The van der Waals surface area contributed by atoms with Gasteiger partial charge in [-0.05, 0) is 11.6 Å². The predicted molar refractivity (Wildman–Crippen MR) is 126 cm³/mol. The van der Waals surface area contributed by atoms with Gasteiger partial charge in [0.25, 0.3) is 5.91 Å². The summed E-state index contributed by atoms with van der Waals surface area (Å²) in [6, 6.07) is 25.6. The van der Waals surface area contributed by atoms with Crippen LogP contribution in [-0.4, -0.2) is 43.5 Å². The number of rotatable bonds is 6. The number of carbonyl (C=O) groups excluding carboxylic acids is 3. The summed E-state index contributed by atoms with van der Waals surface area (Å²) in [5.41, 5.74) is 3.20. The van der Waals surface area contributed by atoms with E-state index in [2.05, 4.69) is 10.3 Å². The van der Waals surface area contributed by atoms with E-state index in [9.17, 15) is 14.4 Å². The standard InChI is InChI=1S/C26H23N3O5/c1-33-22(30)16-29-21-15-9-8-14-20(21)23(19-12-6-3-7-13-19)27-24(25(29)31)28-26(32)34-17-18-10-4-2-5-11-18/h2-15,24H,16-17H2,1H3,(H,28,32). The number of benzene rings is 3. The van der Waals surface area contributed by atoms with Gasteiger partial charge in [-0.1, -0.05) is 78.9 Å². The van der Waals surface area contributed by atoms with Crippen molar-refractivity contribution in [2.75, 3.05) is 18.6 Å². The molecule has 4 rings (SSSR count). The fourth-order valence-electron chi connectivity index (χ4n) is 3.58. The summed E-state index contributed by atoms with van der Waals surface area (Å²) in [7, 11) is 1.25. The second kappa shape index (κ2) is 10.4. The number of esters is 1. The molecule has 0 saturated heterocycles. The lowest BCUT2D eigenvalue weighted by Gasteiger charge is -2.24. The van der Waals surface area contributed by atoms with Crippen molar-refractivity contribution in [1.29, 1.82) is 0 Å². The monoisotopic (exact) mass is 457 g/mol. The number of hydrogen-bond acceptors (Lipinski definition) is 6. The maximum absolute atomic E-state index is 13.5. The van der Waals surface area contributed by atoms with E-state index in [4.69, 9.17) is 9.47 Å². The highest BCUT2D eigenvalue weighted by molar-refractivity contribution is 6.20. The lowest BCUT2D eigenvalue weighted by atomic mass is 10.0. The summed E-state index contributed by atoms with van der Waals surface area (Å²) in [6.07, 6.45) is -2.11. The van der Waals surface area contributed by atoms with Crippen LogP contribution in [0.5, 0.6) is 0 Å². The summed E-state index contributed by atoms with van der Waals surface area (Å²) in [6.45, 7) is -0.296. The molecule has 0 fully saturated rings. The van der Waals surface area contributed by atoms with Gasteiger partial charge in [0.05, 0.1) is 18.5 Å². The number of ether oxygens (including phenoxy) is 2. The van der Waals surface area contributed by atoms with E-state index in [-0.39, 0.29) is 13.2 Å². The molecule has 1 aliphatic rings. The van der Waals surface area contributed by atoms with E-state index in [0.717, 1.165) is 11.1 Å². The van der Waals surface area contributed by atoms with Crippen molar-refractivity contribution >= 4 is 29.4 Å². The highest BCUT2D eigenvalue weighted by Crippen LogP contribution is 2.28. The van der Waals surface area contributed by atoms with E-state index in [1.54, 1.807) is 12.1 Å². The number of para-hydroxylation sites is 1.